The summed E-state index contributed by atoms with van der Waals surface area (Å²) >= 11 is 5.82. The molecule has 2 aromatic carbocycles. The van der Waals surface area contributed by atoms with E-state index in [0.29, 0.717) is 16.5 Å². The number of amides is 3. The van der Waals surface area contributed by atoms with Gasteiger partial charge in [-0.2, -0.15) is 0 Å². The molecule has 1 fully saturated rings. The highest BCUT2D eigenvalue weighted by molar-refractivity contribution is 7.89. The lowest BCUT2D eigenvalue weighted by Crippen LogP contribution is -2.59. The van der Waals surface area contributed by atoms with Gasteiger partial charge in [0.05, 0.1) is 10.9 Å². The first-order valence-corrected chi connectivity index (χ1v) is 10.2. The SMILES string of the molecule is C[C@@H](NS(=O)(=O)c1ccc(Oc2ccc(Cl)cc2)cc1)[C@@]1(C)NC(=O)NC1=O. The van der Waals surface area contributed by atoms with Crippen molar-refractivity contribution >= 4 is 33.6 Å². The molecular weight excluding hydrogens is 406 g/mol. The van der Waals surface area contributed by atoms with E-state index in [1.54, 1.807) is 24.3 Å². The molecule has 0 spiro atoms. The van der Waals surface area contributed by atoms with Gasteiger partial charge >= 0.3 is 6.03 Å². The van der Waals surface area contributed by atoms with Crippen LogP contribution in [-0.2, 0) is 14.8 Å². The Kier molecular flexibility index (Phi) is 5.33. The fourth-order valence-electron chi connectivity index (χ4n) is 2.61. The van der Waals surface area contributed by atoms with Gasteiger partial charge in [0.1, 0.15) is 17.0 Å². The molecule has 0 bridgehead atoms. The lowest BCUT2D eigenvalue weighted by atomic mass is 9.95. The number of hydrogen-bond donors (Lipinski definition) is 3. The predicted octanol–water partition coefficient (Wildman–Crippen LogP) is 2.40. The van der Waals surface area contributed by atoms with E-state index in [4.69, 9.17) is 16.3 Å². The summed E-state index contributed by atoms with van der Waals surface area (Å²) in [5.41, 5.74) is -1.39. The zero-order valence-electron chi connectivity index (χ0n) is 15.0. The number of carbonyl (C=O) groups excluding carboxylic acids is 2. The van der Waals surface area contributed by atoms with Crippen molar-refractivity contribution in [2.24, 2.45) is 0 Å². The average molecular weight is 424 g/mol. The number of ether oxygens (including phenoxy) is 1. The molecule has 148 valence electrons. The second kappa shape index (κ2) is 7.42. The van der Waals surface area contributed by atoms with Crippen LogP contribution in [0.4, 0.5) is 4.79 Å². The molecule has 0 aromatic heterocycles. The molecule has 1 aliphatic heterocycles. The number of halogens is 1. The van der Waals surface area contributed by atoms with Crippen molar-refractivity contribution in [2.75, 3.05) is 0 Å². The lowest BCUT2D eigenvalue weighted by molar-refractivity contribution is -0.124. The van der Waals surface area contributed by atoms with Gasteiger partial charge in [-0.1, -0.05) is 11.6 Å². The summed E-state index contributed by atoms with van der Waals surface area (Å²) in [6.45, 7) is 2.95. The number of imide groups is 1. The van der Waals surface area contributed by atoms with Crippen LogP contribution in [0.3, 0.4) is 0 Å². The maximum atomic E-state index is 12.6. The first kappa shape index (κ1) is 20.1. The molecule has 0 saturated carbocycles. The summed E-state index contributed by atoms with van der Waals surface area (Å²) in [4.78, 5) is 23.3. The number of carbonyl (C=O) groups is 2. The van der Waals surface area contributed by atoms with Crippen LogP contribution in [0, 0.1) is 0 Å². The van der Waals surface area contributed by atoms with Crippen LogP contribution in [0.25, 0.3) is 0 Å². The molecular formula is C18H18ClN3O5S. The number of rotatable bonds is 6. The third-order valence-corrected chi connectivity index (χ3v) is 6.26. The van der Waals surface area contributed by atoms with Gasteiger partial charge in [-0.3, -0.25) is 10.1 Å². The highest BCUT2D eigenvalue weighted by Gasteiger charge is 2.47. The highest BCUT2D eigenvalue weighted by Crippen LogP contribution is 2.25. The normalized spacial score (nSPS) is 20.4. The van der Waals surface area contributed by atoms with E-state index < -0.39 is 33.5 Å². The van der Waals surface area contributed by atoms with Gasteiger partial charge in [0.2, 0.25) is 10.0 Å². The molecule has 2 aromatic rings. The number of urea groups is 1. The smallest absolute Gasteiger partial charge is 0.322 e. The quantitative estimate of drug-likeness (QED) is 0.617. The monoisotopic (exact) mass is 423 g/mol. The molecule has 1 aliphatic rings. The molecule has 3 N–H and O–H groups in total. The second-order valence-electron chi connectivity index (χ2n) is 6.48. The molecule has 0 unspecified atom stereocenters. The van der Waals surface area contributed by atoms with Crippen LogP contribution in [0.15, 0.2) is 53.4 Å². The summed E-state index contributed by atoms with van der Waals surface area (Å²) in [7, 11) is -3.93. The topological polar surface area (TPSA) is 114 Å². The third kappa shape index (κ3) is 4.11. The van der Waals surface area contributed by atoms with E-state index in [1.165, 1.54) is 38.1 Å². The van der Waals surface area contributed by atoms with E-state index in [1.807, 2.05) is 0 Å². The Balaban J connectivity index is 1.72. The maximum Gasteiger partial charge on any atom is 0.322 e. The Morgan fingerprint density at radius 2 is 1.57 bits per heavy atom. The van der Waals surface area contributed by atoms with Gasteiger partial charge in [-0.25, -0.2) is 17.9 Å². The first-order chi connectivity index (χ1) is 13.1. The fraction of sp³-hybridized carbons (Fsp3) is 0.222. The number of sulfonamides is 1. The Hall–Kier alpha value is -2.62. The van der Waals surface area contributed by atoms with Gasteiger partial charge in [-0.05, 0) is 62.4 Å². The third-order valence-electron chi connectivity index (χ3n) is 4.45. The largest absolute Gasteiger partial charge is 0.457 e. The molecule has 3 rings (SSSR count). The maximum absolute atomic E-state index is 12.6. The van der Waals surface area contributed by atoms with Gasteiger partial charge < -0.3 is 10.1 Å². The number of benzene rings is 2. The standard InChI is InChI=1S/C18H18ClN3O5S/c1-11(18(2)16(23)20-17(24)21-18)22-28(25,26)15-9-7-14(8-10-15)27-13-5-3-12(19)4-6-13/h3-11,22H,1-2H3,(H2,20,21,23,24)/t11-,18-/m1/s1. The zero-order chi connectivity index (χ0) is 20.5. The van der Waals surface area contributed by atoms with Crippen molar-refractivity contribution in [3.8, 4) is 11.5 Å². The molecule has 3 amide bonds. The zero-order valence-corrected chi connectivity index (χ0v) is 16.6. The van der Waals surface area contributed by atoms with Crippen molar-refractivity contribution in [3.05, 3.63) is 53.6 Å². The summed E-state index contributed by atoms with van der Waals surface area (Å²) in [5, 5.41) is 5.12. The minimum absolute atomic E-state index is 0.00358. The molecule has 0 radical (unpaired) electrons. The first-order valence-electron chi connectivity index (χ1n) is 8.29. The van der Waals surface area contributed by atoms with Gasteiger partial charge in [0.15, 0.2) is 0 Å². The van der Waals surface area contributed by atoms with Gasteiger partial charge in [0.25, 0.3) is 5.91 Å². The summed E-state index contributed by atoms with van der Waals surface area (Å²) in [6.07, 6.45) is 0. The highest BCUT2D eigenvalue weighted by atomic mass is 35.5. The van der Waals surface area contributed by atoms with Crippen molar-refractivity contribution < 1.29 is 22.7 Å². The van der Waals surface area contributed by atoms with E-state index in [9.17, 15) is 18.0 Å². The fourth-order valence-corrected chi connectivity index (χ4v) is 4.06. The Morgan fingerprint density at radius 1 is 1.04 bits per heavy atom. The molecule has 0 aliphatic carbocycles. The second-order valence-corrected chi connectivity index (χ2v) is 8.63. The van der Waals surface area contributed by atoms with Crippen molar-refractivity contribution in [3.63, 3.8) is 0 Å². The van der Waals surface area contributed by atoms with Crippen molar-refractivity contribution in [1.29, 1.82) is 0 Å². The molecule has 2 atom stereocenters. The summed E-state index contributed by atoms with van der Waals surface area (Å²) in [6, 6.07) is 11.0. The minimum Gasteiger partial charge on any atom is -0.457 e. The van der Waals surface area contributed by atoms with Crippen molar-refractivity contribution in [2.45, 2.75) is 30.3 Å². The van der Waals surface area contributed by atoms with Crippen LogP contribution >= 0.6 is 11.6 Å². The van der Waals surface area contributed by atoms with Crippen LogP contribution < -0.4 is 20.1 Å². The average Bonchev–Trinajstić information content (AvgIpc) is 2.90. The summed E-state index contributed by atoms with van der Waals surface area (Å²) in [5.74, 6) is 0.408. The van der Waals surface area contributed by atoms with Crippen LogP contribution in [-0.4, -0.2) is 31.9 Å². The van der Waals surface area contributed by atoms with Crippen LogP contribution in [0.1, 0.15) is 13.8 Å². The Morgan fingerprint density at radius 3 is 2.07 bits per heavy atom. The minimum atomic E-state index is -3.93. The lowest BCUT2D eigenvalue weighted by Gasteiger charge is -2.28. The van der Waals surface area contributed by atoms with E-state index in [-0.39, 0.29) is 4.90 Å². The van der Waals surface area contributed by atoms with E-state index in [2.05, 4.69) is 15.4 Å². The molecule has 10 heteroatoms. The van der Waals surface area contributed by atoms with Gasteiger partial charge in [-0.15, -0.1) is 0 Å². The molecule has 1 heterocycles. The molecule has 1 saturated heterocycles. The van der Waals surface area contributed by atoms with Gasteiger partial charge in [0, 0.05) is 5.02 Å². The molecule has 28 heavy (non-hydrogen) atoms. The predicted molar refractivity (Wildman–Crippen MR) is 103 cm³/mol. The van der Waals surface area contributed by atoms with E-state index >= 15 is 0 Å². The van der Waals surface area contributed by atoms with Crippen LogP contribution in [0.5, 0.6) is 11.5 Å². The summed E-state index contributed by atoms with van der Waals surface area (Å²) < 4.78 is 33.3. The van der Waals surface area contributed by atoms with Crippen molar-refractivity contribution in [1.82, 2.24) is 15.4 Å². The van der Waals surface area contributed by atoms with E-state index in [0.717, 1.165) is 0 Å². The van der Waals surface area contributed by atoms with Crippen LogP contribution in [0.2, 0.25) is 5.02 Å². The number of hydrogen-bond acceptors (Lipinski definition) is 5. The number of nitrogens with one attached hydrogen (secondary N) is 3. The Labute approximate surface area is 167 Å². The molecule has 8 nitrogen and oxygen atoms in total. The Bertz CT molecular complexity index is 1010.